The molecule has 126 valence electrons. The second-order valence-corrected chi connectivity index (χ2v) is 7.36. The van der Waals surface area contributed by atoms with Gasteiger partial charge in [-0.25, -0.2) is 0 Å². The number of hydrogen-bond acceptors (Lipinski definition) is 2. The summed E-state index contributed by atoms with van der Waals surface area (Å²) < 4.78 is 0. The van der Waals surface area contributed by atoms with Crippen molar-refractivity contribution in [3.63, 3.8) is 0 Å². The van der Waals surface area contributed by atoms with Gasteiger partial charge in [-0.2, -0.15) is 0 Å². The minimum absolute atomic E-state index is 0.135. The molecule has 0 bridgehead atoms. The van der Waals surface area contributed by atoms with Crippen molar-refractivity contribution in [1.29, 1.82) is 0 Å². The van der Waals surface area contributed by atoms with Gasteiger partial charge in [-0.1, -0.05) is 71.7 Å². The molecule has 2 nitrogen and oxygen atoms in total. The molecular weight excluding hydrogens is 373 g/mol. The van der Waals surface area contributed by atoms with Gasteiger partial charge in [0, 0.05) is 9.92 Å². The summed E-state index contributed by atoms with van der Waals surface area (Å²) in [6, 6.07) is 24.5. The summed E-state index contributed by atoms with van der Waals surface area (Å²) in [7, 11) is 0. The van der Waals surface area contributed by atoms with E-state index in [9.17, 15) is 4.79 Å². The minimum Gasteiger partial charge on any atom is -0.323 e. The molecule has 1 amide bonds. The number of hydrogen-bond donors (Lipinski definition) is 1. The number of carbonyl (C=O) groups is 1. The molecule has 5 heteroatoms. The zero-order valence-corrected chi connectivity index (χ0v) is 15.5. The first-order valence-electron chi connectivity index (χ1n) is 7.66. The highest BCUT2D eigenvalue weighted by molar-refractivity contribution is 8.00. The van der Waals surface area contributed by atoms with E-state index in [1.807, 2.05) is 60.7 Å². The molecule has 0 aromatic heterocycles. The normalized spacial score (nSPS) is 11.8. The van der Waals surface area contributed by atoms with Gasteiger partial charge in [0.2, 0.25) is 5.91 Å². The lowest BCUT2D eigenvalue weighted by atomic mass is 10.1. The average molecular weight is 388 g/mol. The number of benzene rings is 3. The molecule has 0 aliphatic carbocycles. The van der Waals surface area contributed by atoms with Gasteiger partial charge < -0.3 is 5.32 Å². The van der Waals surface area contributed by atoms with E-state index in [0.29, 0.717) is 15.7 Å². The van der Waals surface area contributed by atoms with Crippen molar-refractivity contribution in [3.8, 4) is 0 Å². The van der Waals surface area contributed by atoms with Crippen LogP contribution in [0.1, 0.15) is 10.8 Å². The lowest BCUT2D eigenvalue weighted by Crippen LogP contribution is -2.19. The van der Waals surface area contributed by atoms with E-state index in [0.717, 1.165) is 10.5 Å². The van der Waals surface area contributed by atoms with E-state index < -0.39 is 5.25 Å². The van der Waals surface area contributed by atoms with E-state index >= 15 is 0 Å². The molecule has 0 aliphatic heterocycles. The predicted octanol–water partition coefficient (Wildman–Crippen LogP) is 6.47. The van der Waals surface area contributed by atoms with Crippen LogP contribution in [0, 0.1) is 0 Å². The summed E-state index contributed by atoms with van der Waals surface area (Å²) in [5.41, 5.74) is 1.48. The Morgan fingerprint density at radius 3 is 2.16 bits per heavy atom. The Kier molecular flexibility index (Phi) is 6.03. The van der Waals surface area contributed by atoms with Crippen LogP contribution in [0.5, 0.6) is 0 Å². The van der Waals surface area contributed by atoms with Gasteiger partial charge in [0.25, 0.3) is 0 Å². The van der Waals surface area contributed by atoms with Crippen LogP contribution in [0.15, 0.2) is 83.8 Å². The van der Waals surface area contributed by atoms with E-state index in [4.69, 9.17) is 23.2 Å². The lowest BCUT2D eigenvalue weighted by molar-refractivity contribution is -0.115. The summed E-state index contributed by atoms with van der Waals surface area (Å²) in [4.78, 5) is 14.0. The molecule has 0 aliphatic rings. The summed E-state index contributed by atoms with van der Waals surface area (Å²) >= 11 is 13.6. The number of thioether (sulfide) groups is 1. The van der Waals surface area contributed by atoms with Crippen LogP contribution >= 0.6 is 35.0 Å². The first-order valence-corrected chi connectivity index (χ1v) is 9.29. The van der Waals surface area contributed by atoms with Crippen molar-refractivity contribution >= 4 is 46.6 Å². The topological polar surface area (TPSA) is 29.1 Å². The number of halogens is 2. The van der Waals surface area contributed by atoms with Gasteiger partial charge in [-0.15, -0.1) is 11.8 Å². The quantitative estimate of drug-likeness (QED) is 0.508. The highest BCUT2D eigenvalue weighted by Gasteiger charge is 2.22. The molecule has 0 spiro atoms. The SMILES string of the molecule is O=C(Nc1ccc(Cl)cc1Cl)C(Sc1ccccc1)c1ccccc1. The van der Waals surface area contributed by atoms with Gasteiger partial charge in [-0.05, 0) is 35.9 Å². The van der Waals surface area contributed by atoms with Crippen molar-refractivity contribution < 1.29 is 4.79 Å². The fraction of sp³-hybridized carbons (Fsp3) is 0.0500. The molecule has 0 heterocycles. The molecule has 1 N–H and O–H groups in total. The average Bonchev–Trinajstić information content (AvgIpc) is 2.63. The number of rotatable bonds is 5. The monoisotopic (exact) mass is 387 g/mol. The largest absolute Gasteiger partial charge is 0.323 e. The third kappa shape index (κ3) is 4.79. The Labute approximate surface area is 161 Å². The van der Waals surface area contributed by atoms with Gasteiger partial charge in [-0.3, -0.25) is 4.79 Å². The second-order valence-electron chi connectivity index (χ2n) is 5.34. The molecule has 0 saturated carbocycles. The second kappa shape index (κ2) is 8.43. The molecule has 0 saturated heterocycles. The van der Waals surface area contributed by atoms with E-state index in [2.05, 4.69) is 5.32 Å². The Balaban J connectivity index is 1.87. The van der Waals surface area contributed by atoms with Crippen LogP contribution in [-0.2, 0) is 4.79 Å². The molecular formula is C20H15Cl2NOS. The van der Waals surface area contributed by atoms with Gasteiger partial charge in [0.15, 0.2) is 0 Å². The van der Waals surface area contributed by atoms with E-state index in [1.165, 1.54) is 11.8 Å². The van der Waals surface area contributed by atoms with E-state index in [-0.39, 0.29) is 5.91 Å². The molecule has 1 unspecified atom stereocenters. The van der Waals surface area contributed by atoms with Gasteiger partial charge in [0.1, 0.15) is 5.25 Å². The van der Waals surface area contributed by atoms with Crippen molar-refractivity contribution in [1.82, 2.24) is 0 Å². The number of amides is 1. The molecule has 25 heavy (non-hydrogen) atoms. The molecule has 3 rings (SSSR count). The van der Waals surface area contributed by atoms with Gasteiger partial charge >= 0.3 is 0 Å². The standard InChI is InChI=1S/C20H15Cl2NOS/c21-15-11-12-18(17(22)13-15)23-20(24)19(14-7-3-1-4-8-14)25-16-9-5-2-6-10-16/h1-13,19H,(H,23,24). The summed E-state index contributed by atoms with van der Waals surface area (Å²) in [6.07, 6.45) is 0. The maximum atomic E-state index is 12.9. The third-order valence-corrected chi connectivity index (χ3v) is 5.34. The molecule has 0 radical (unpaired) electrons. The highest BCUT2D eigenvalue weighted by Crippen LogP contribution is 2.37. The Morgan fingerprint density at radius 1 is 0.880 bits per heavy atom. The molecule has 3 aromatic carbocycles. The van der Waals surface area contributed by atoms with Crippen LogP contribution in [0.25, 0.3) is 0 Å². The Bertz CT molecular complexity index is 856. The maximum Gasteiger partial charge on any atom is 0.242 e. The fourth-order valence-corrected chi connectivity index (χ4v) is 3.83. The summed E-state index contributed by atoms with van der Waals surface area (Å²) in [5.74, 6) is -0.135. The van der Waals surface area contributed by atoms with Crippen molar-refractivity contribution in [2.24, 2.45) is 0 Å². The zero-order chi connectivity index (χ0) is 17.6. The Morgan fingerprint density at radius 2 is 1.52 bits per heavy atom. The number of carbonyl (C=O) groups excluding carboxylic acids is 1. The first kappa shape index (κ1) is 17.9. The smallest absolute Gasteiger partial charge is 0.242 e. The lowest BCUT2D eigenvalue weighted by Gasteiger charge is -2.17. The van der Waals surface area contributed by atoms with Crippen LogP contribution in [0.2, 0.25) is 10.0 Å². The van der Waals surface area contributed by atoms with Crippen molar-refractivity contribution in [2.45, 2.75) is 10.1 Å². The van der Waals surface area contributed by atoms with Crippen LogP contribution in [0.3, 0.4) is 0 Å². The van der Waals surface area contributed by atoms with E-state index in [1.54, 1.807) is 18.2 Å². The maximum absolute atomic E-state index is 12.9. The predicted molar refractivity (Wildman–Crippen MR) is 107 cm³/mol. The fourth-order valence-electron chi connectivity index (χ4n) is 2.33. The third-order valence-electron chi connectivity index (χ3n) is 3.53. The summed E-state index contributed by atoms with van der Waals surface area (Å²) in [6.45, 7) is 0. The summed E-state index contributed by atoms with van der Waals surface area (Å²) in [5, 5.41) is 3.46. The molecule has 3 aromatic rings. The van der Waals surface area contributed by atoms with Crippen LogP contribution < -0.4 is 5.32 Å². The zero-order valence-electron chi connectivity index (χ0n) is 13.2. The van der Waals surface area contributed by atoms with Crippen LogP contribution in [-0.4, -0.2) is 5.91 Å². The van der Waals surface area contributed by atoms with Crippen molar-refractivity contribution in [3.05, 3.63) is 94.5 Å². The Hall–Kier alpha value is -1.94. The van der Waals surface area contributed by atoms with Crippen LogP contribution in [0.4, 0.5) is 5.69 Å². The number of anilines is 1. The van der Waals surface area contributed by atoms with Gasteiger partial charge in [0.05, 0.1) is 10.7 Å². The van der Waals surface area contributed by atoms with Crippen molar-refractivity contribution in [2.75, 3.05) is 5.32 Å². The first-order chi connectivity index (χ1) is 12.1. The molecule has 1 atom stereocenters. The minimum atomic E-state index is -0.393. The number of nitrogens with one attached hydrogen (secondary N) is 1. The highest BCUT2D eigenvalue weighted by atomic mass is 35.5. The molecule has 0 fully saturated rings.